The number of amides is 2. The Bertz CT molecular complexity index is 587. The van der Waals surface area contributed by atoms with E-state index in [-0.39, 0.29) is 11.8 Å². The van der Waals surface area contributed by atoms with Crippen molar-refractivity contribution >= 4 is 23.5 Å². The molecule has 2 fully saturated rings. The van der Waals surface area contributed by atoms with Crippen LogP contribution < -0.4 is 10.2 Å². The molecule has 0 bridgehead atoms. The Hall–Kier alpha value is -2.37. The Morgan fingerprint density at radius 1 is 1.19 bits per heavy atom. The summed E-state index contributed by atoms with van der Waals surface area (Å²) in [5, 5.41) is 11.5. The van der Waals surface area contributed by atoms with Gasteiger partial charge in [-0.05, 0) is 25.0 Å². The molecule has 1 aliphatic heterocycles. The predicted molar refractivity (Wildman–Crippen MR) is 74.6 cm³/mol. The molecule has 6 heteroatoms. The van der Waals surface area contributed by atoms with Crippen molar-refractivity contribution in [2.24, 2.45) is 11.8 Å². The number of carbonyl (C=O) groups is 3. The fourth-order valence-electron chi connectivity index (χ4n) is 2.71. The molecule has 2 N–H and O–H groups in total. The lowest BCUT2D eigenvalue weighted by Gasteiger charge is -2.17. The molecule has 2 amide bonds. The van der Waals surface area contributed by atoms with Crippen molar-refractivity contribution in [1.29, 1.82) is 0 Å². The van der Waals surface area contributed by atoms with Gasteiger partial charge in [0.2, 0.25) is 11.8 Å². The third-order valence-corrected chi connectivity index (χ3v) is 4.03. The molecule has 1 saturated heterocycles. The van der Waals surface area contributed by atoms with E-state index in [4.69, 9.17) is 5.11 Å². The second-order valence-corrected chi connectivity index (χ2v) is 5.46. The number of carbonyl (C=O) groups excluding carboxylic acids is 2. The van der Waals surface area contributed by atoms with E-state index < -0.39 is 23.8 Å². The molecule has 0 aromatic heterocycles. The van der Waals surface area contributed by atoms with Gasteiger partial charge in [0, 0.05) is 12.2 Å². The van der Waals surface area contributed by atoms with Crippen LogP contribution in [0.15, 0.2) is 30.3 Å². The zero-order valence-corrected chi connectivity index (χ0v) is 11.4. The largest absolute Gasteiger partial charge is 0.481 e. The van der Waals surface area contributed by atoms with E-state index in [2.05, 4.69) is 5.32 Å². The Balaban J connectivity index is 1.60. The highest BCUT2D eigenvalue weighted by Crippen LogP contribution is 2.39. The fraction of sp³-hybridized carbons (Fsp3) is 0.400. The molecule has 6 nitrogen and oxygen atoms in total. The first-order valence-corrected chi connectivity index (χ1v) is 6.97. The number of anilines is 1. The summed E-state index contributed by atoms with van der Waals surface area (Å²) in [4.78, 5) is 36.6. The van der Waals surface area contributed by atoms with Gasteiger partial charge in [0.05, 0.1) is 11.8 Å². The van der Waals surface area contributed by atoms with E-state index in [1.165, 1.54) is 0 Å². The molecule has 0 radical (unpaired) electrons. The van der Waals surface area contributed by atoms with Crippen LogP contribution in [0.2, 0.25) is 0 Å². The minimum Gasteiger partial charge on any atom is -0.481 e. The minimum atomic E-state index is -0.946. The van der Waals surface area contributed by atoms with Gasteiger partial charge in [0.1, 0.15) is 6.04 Å². The summed E-state index contributed by atoms with van der Waals surface area (Å²) in [6.45, 7) is 0.556. The second kappa shape index (κ2) is 5.20. The van der Waals surface area contributed by atoms with E-state index in [0.717, 1.165) is 5.69 Å². The molecule has 1 aromatic rings. The average molecular weight is 288 g/mol. The number of nitrogens with one attached hydrogen (secondary N) is 1. The van der Waals surface area contributed by atoms with E-state index >= 15 is 0 Å². The molecule has 3 atom stereocenters. The molecule has 110 valence electrons. The summed E-state index contributed by atoms with van der Waals surface area (Å²) < 4.78 is 0. The number of hydrogen-bond acceptors (Lipinski definition) is 3. The molecule has 1 aromatic carbocycles. The zero-order chi connectivity index (χ0) is 15.0. The van der Waals surface area contributed by atoms with Crippen molar-refractivity contribution < 1.29 is 19.5 Å². The topological polar surface area (TPSA) is 86.7 Å². The average Bonchev–Trinajstić information content (AvgIpc) is 3.21. The minimum absolute atomic E-state index is 0.137. The summed E-state index contributed by atoms with van der Waals surface area (Å²) in [5.74, 6) is -2.48. The Morgan fingerprint density at radius 2 is 1.90 bits per heavy atom. The lowest BCUT2D eigenvalue weighted by atomic mass is 10.2. The van der Waals surface area contributed by atoms with Crippen molar-refractivity contribution in [2.45, 2.75) is 18.9 Å². The molecule has 21 heavy (non-hydrogen) atoms. The Labute approximate surface area is 121 Å². The van der Waals surface area contributed by atoms with E-state index in [1.54, 1.807) is 4.90 Å². The maximum Gasteiger partial charge on any atom is 0.307 e. The molecular formula is C15H16N2O4. The van der Waals surface area contributed by atoms with Crippen LogP contribution in [0.3, 0.4) is 0 Å². The van der Waals surface area contributed by atoms with Crippen molar-refractivity contribution in [3.8, 4) is 0 Å². The van der Waals surface area contributed by atoms with Crippen LogP contribution in [-0.2, 0) is 14.4 Å². The van der Waals surface area contributed by atoms with Crippen LogP contribution in [0.4, 0.5) is 5.69 Å². The van der Waals surface area contributed by atoms with Crippen molar-refractivity contribution in [1.82, 2.24) is 5.32 Å². The predicted octanol–water partition coefficient (Wildman–Crippen LogP) is 0.629. The van der Waals surface area contributed by atoms with Crippen LogP contribution in [0.1, 0.15) is 12.8 Å². The number of benzene rings is 1. The normalized spacial score (nSPS) is 27.5. The third-order valence-electron chi connectivity index (χ3n) is 4.03. The van der Waals surface area contributed by atoms with Crippen LogP contribution in [0.5, 0.6) is 0 Å². The maximum atomic E-state index is 12.3. The SMILES string of the molecule is O=C(O)C1CC1C(=O)NC1CCN(c2ccccc2)C1=O. The maximum absolute atomic E-state index is 12.3. The number of carboxylic acid groups (broad SMARTS) is 1. The number of aliphatic carboxylic acids is 1. The molecule has 1 heterocycles. The quantitative estimate of drug-likeness (QED) is 0.850. The van der Waals surface area contributed by atoms with Gasteiger partial charge >= 0.3 is 5.97 Å². The monoisotopic (exact) mass is 288 g/mol. The summed E-state index contributed by atoms with van der Waals surface area (Å²) in [7, 11) is 0. The molecule has 1 aliphatic carbocycles. The van der Waals surface area contributed by atoms with Crippen LogP contribution in [0, 0.1) is 11.8 Å². The van der Waals surface area contributed by atoms with Crippen molar-refractivity contribution in [2.75, 3.05) is 11.4 Å². The van der Waals surface area contributed by atoms with Crippen LogP contribution in [-0.4, -0.2) is 35.5 Å². The van der Waals surface area contributed by atoms with E-state index in [1.807, 2.05) is 30.3 Å². The summed E-state index contributed by atoms with van der Waals surface area (Å²) in [6.07, 6.45) is 0.911. The molecule has 3 unspecified atom stereocenters. The summed E-state index contributed by atoms with van der Waals surface area (Å²) >= 11 is 0. The van der Waals surface area contributed by atoms with Gasteiger partial charge in [0.25, 0.3) is 0 Å². The first-order valence-electron chi connectivity index (χ1n) is 6.97. The molecular weight excluding hydrogens is 272 g/mol. The highest BCUT2D eigenvalue weighted by molar-refractivity contribution is 6.02. The second-order valence-electron chi connectivity index (χ2n) is 5.46. The van der Waals surface area contributed by atoms with Gasteiger partial charge in [-0.1, -0.05) is 18.2 Å². The molecule has 0 spiro atoms. The first-order chi connectivity index (χ1) is 10.1. The lowest BCUT2D eigenvalue weighted by molar-refractivity contribution is -0.140. The van der Waals surface area contributed by atoms with Gasteiger partial charge < -0.3 is 15.3 Å². The number of carboxylic acids is 1. The fourth-order valence-corrected chi connectivity index (χ4v) is 2.71. The number of hydrogen-bond donors (Lipinski definition) is 2. The van der Waals surface area contributed by atoms with Crippen molar-refractivity contribution in [3.63, 3.8) is 0 Å². The smallest absolute Gasteiger partial charge is 0.307 e. The Kier molecular flexibility index (Phi) is 3.37. The van der Waals surface area contributed by atoms with Crippen LogP contribution in [0.25, 0.3) is 0 Å². The van der Waals surface area contributed by atoms with E-state index in [9.17, 15) is 14.4 Å². The van der Waals surface area contributed by atoms with Crippen LogP contribution >= 0.6 is 0 Å². The van der Waals surface area contributed by atoms with Gasteiger partial charge in [-0.25, -0.2) is 0 Å². The summed E-state index contributed by atoms with van der Waals surface area (Å²) in [5.41, 5.74) is 0.814. The van der Waals surface area contributed by atoms with Crippen molar-refractivity contribution in [3.05, 3.63) is 30.3 Å². The van der Waals surface area contributed by atoms with Gasteiger partial charge in [-0.2, -0.15) is 0 Å². The number of nitrogens with zero attached hydrogens (tertiary/aromatic N) is 1. The third kappa shape index (κ3) is 2.61. The van der Waals surface area contributed by atoms with Gasteiger partial charge in [-0.15, -0.1) is 0 Å². The molecule has 2 aliphatic rings. The highest BCUT2D eigenvalue weighted by atomic mass is 16.4. The Morgan fingerprint density at radius 3 is 2.52 bits per heavy atom. The number of para-hydroxylation sites is 1. The van der Waals surface area contributed by atoms with E-state index in [0.29, 0.717) is 19.4 Å². The zero-order valence-electron chi connectivity index (χ0n) is 11.4. The molecule has 1 saturated carbocycles. The van der Waals surface area contributed by atoms with Gasteiger partial charge in [0.15, 0.2) is 0 Å². The first kappa shape index (κ1) is 13.6. The standard InChI is InChI=1S/C15H16N2O4/c18-13(10-8-11(10)15(20)21)16-12-6-7-17(14(12)19)9-4-2-1-3-5-9/h1-5,10-12H,6-8H2,(H,16,18)(H,20,21). The lowest BCUT2D eigenvalue weighted by Crippen LogP contribution is -2.42. The summed E-state index contributed by atoms with van der Waals surface area (Å²) in [6, 6.07) is 8.74. The molecule has 3 rings (SSSR count). The highest BCUT2D eigenvalue weighted by Gasteiger charge is 2.49. The van der Waals surface area contributed by atoms with Gasteiger partial charge in [-0.3, -0.25) is 14.4 Å². The number of rotatable bonds is 4.